The third-order valence-electron chi connectivity index (χ3n) is 2.05. The lowest BCUT2D eigenvalue weighted by molar-refractivity contribution is -0.119. The molecule has 1 aromatic carbocycles. The summed E-state index contributed by atoms with van der Waals surface area (Å²) < 4.78 is 5.00. The van der Waals surface area contributed by atoms with Gasteiger partial charge in [0.25, 0.3) is 5.91 Å². The summed E-state index contributed by atoms with van der Waals surface area (Å²) in [6.07, 6.45) is -0.639. The van der Waals surface area contributed by atoms with Gasteiger partial charge in [-0.3, -0.25) is 15.6 Å². The van der Waals surface area contributed by atoms with Gasteiger partial charge in [0.05, 0.1) is 5.69 Å². The summed E-state index contributed by atoms with van der Waals surface area (Å²) in [6, 6.07) is 6.84. The van der Waals surface area contributed by atoms with Crippen LogP contribution in [0.2, 0.25) is 0 Å². The molecule has 0 saturated carbocycles. The van der Waals surface area contributed by atoms with Crippen molar-refractivity contribution in [1.82, 2.24) is 10.7 Å². The van der Waals surface area contributed by atoms with E-state index in [1.165, 1.54) is 0 Å². The van der Waals surface area contributed by atoms with E-state index in [0.717, 1.165) is 0 Å². The van der Waals surface area contributed by atoms with Crippen LogP contribution in [0.4, 0.5) is 16.2 Å². The predicted octanol–water partition coefficient (Wildman–Crippen LogP) is 1.24. The molecule has 5 N–H and O–H groups in total. The van der Waals surface area contributed by atoms with Crippen molar-refractivity contribution in [2.24, 2.45) is 0 Å². The van der Waals surface area contributed by atoms with Gasteiger partial charge in [-0.05, 0) is 45.0 Å². The first kappa shape index (κ1) is 15.6. The van der Waals surface area contributed by atoms with Crippen molar-refractivity contribution >= 4 is 23.4 Å². The summed E-state index contributed by atoms with van der Waals surface area (Å²) in [6.45, 7) is 5.05. The first-order valence-electron chi connectivity index (χ1n) is 6.13. The van der Waals surface area contributed by atoms with Crippen LogP contribution in [0.1, 0.15) is 20.8 Å². The minimum absolute atomic E-state index is 0.184. The lowest BCUT2D eigenvalue weighted by atomic mass is 10.2. The Bertz CT molecular complexity index is 465. The second kappa shape index (κ2) is 6.65. The highest BCUT2D eigenvalue weighted by Crippen LogP contribution is 2.09. The quantitative estimate of drug-likeness (QED) is 0.490. The van der Waals surface area contributed by atoms with Crippen LogP contribution in [0.15, 0.2) is 24.3 Å². The largest absolute Gasteiger partial charge is 0.444 e. The summed E-state index contributed by atoms with van der Waals surface area (Å²) in [5.41, 5.74) is 11.4. The molecule has 7 nitrogen and oxygen atoms in total. The van der Waals surface area contributed by atoms with Gasteiger partial charge in [0.15, 0.2) is 0 Å². The van der Waals surface area contributed by atoms with E-state index in [9.17, 15) is 9.59 Å². The molecule has 20 heavy (non-hydrogen) atoms. The molecule has 0 atom stereocenters. The normalized spacial score (nSPS) is 10.6. The zero-order chi connectivity index (χ0) is 15.2. The summed E-state index contributed by atoms with van der Waals surface area (Å²) in [4.78, 5) is 22.8. The van der Waals surface area contributed by atoms with Gasteiger partial charge in [0, 0.05) is 5.69 Å². The number of nitrogens with one attached hydrogen (secondary N) is 3. The fraction of sp³-hybridized carbons (Fsp3) is 0.385. The summed E-state index contributed by atoms with van der Waals surface area (Å²) >= 11 is 0. The third-order valence-corrected chi connectivity index (χ3v) is 2.05. The Labute approximate surface area is 117 Å². The van der Waals surface area contributed by atoms with Crippen molar-refractivity contribution in [2.45, 2.75) is 26.4 Å². The maximum absolute atomic E-state index is 11.5. The van der Waals surface area contributed by atoms with E-state index in [-0.39, 0.29) is 6.54 Å². The van der Waals surface area contributed by atoms with Gasteiger partial charge in [-0.1, -0.05) is 0 Å². The molecule has 0 saturated heterocycles. The molecule has 2 amide bonds. The number of carbonyl (C=O) groups is 2. The van der Waals surface area contributed by atoms with Gasteiger partial charge in [0.1, 0.15) is 12.1 Å². The minimum Gasteiger partial charge on any atom is -0.444 e. The van der Waals surface area contributed by atoms with Crippen molar-refractivity contribution in [3.05, 3.63) is 24.3 Å². The van der Waals surface area contributed by atoms with Crippen molar-refractivity contribution in [3.8, 4) is 0 Å². The van der Waals surface area contributed by atoms with E-state index in [1.54, 1.807) is 45.0 Å². The lowest BCUT2D eigenvalue weighted by Crippen LogP contribution is -2.41. The van der Waals surface area contributed by atoms with Crippen LogP contribution < -0.4 is 21.9 Å². The SMILES string of the molecule is CC(C)(C)OC(=O)NCC(=O)NNc1ccc(N)cc1. The summed E-state index contributed by atoms with van der Waals surface area (Å²) in [7, 11) is 0. The van der Waals surface area contributed by atoms with Crippen LogP contribution in [0.3, 0.4) is 0 Å². The molecule has 0 heterocycles. The minimum atomic E-state index is -0.639. The van der Waals surface area contributed by atoms with E-state index in [1.807, 2.05) is 0 Å². The van der Waals surface area contributed by atoms with Gasteiger partial charge in [-0.15, -0.1) is 0 Å². The Balaban J connectivity index is 2.27. The van der Waals surface area contributed by atoms with E-state index in [2.05, 4.69) is 16.2 Å². The molecule has 0 aromatic heterocycles. The Kier molecular flexibility index (Phi) is 5.19. The van der Waals surface area contributed by atoms with Gasteiger partial charge >= 0.3 is 6.09 Å². The fourth-order valence-corrected chi connectivity index (χ4v) is 1.22. The average molecular weight is 280 g/mol. The van der Waals surface area contributed by atoms with E-state index < -0.39 is 17.6 Å². The Hall–Kier alpha value is -2.44. The second-order valence-electron chi connectivity index (χ2n) is 5.15. The van der Waals surface area contributed by atoms with Crippen LogP contribution in [0.5, 0.6) is 0 Å². The highest BCUT2D eigenvalue weighted by atomic mass is 16.6. The fourth-order valence-electron chi connectivity index (χ4n) is 1.22. The standard InChI is InChI=1S/C13H20N4O3/c1-13(2,3)20-12(19)15-8-11(18)17-16-10-6-4-9(14)5-7-10/h4-7,16H,8,14H2,1-3H3,(H,15,19)(H,17,18). The number of alkyl carbamates (subject to hydrolysis) is 1. The van der Waals surface area contributed by atoms with Crippen LogP contribution in [-0.2, 0) is 9.53 Å². The van der Waals surface area contributed by atoms with Crippen LogP contribution in [0.25, 0.3) is 0 Å². The molecule has 0 aliphatic heterocycles. The van der Waals surface area contributed by atoms with E-state index in [0.29, 0.717) is 11.4 Å². The number of carbonyl (C=O) groups excluding carboxylic acids is 2. The van der Waals surface area contributed by atoms with Gasteiger partial charge < -0.3 is 15.8 Å². The number of nitrogen functional groups attached to an aromatic ring is 1. The predicted molar refractivity (Wildman–Crippen MR) is 76.9 cm³/mol. The molecule has 110 valence electrons. The molecular weight excluding hydrogens is 260 g/mol. The maximum Gasteiger partial charge on any atom is 0.408 e. The molecular formula is C13H20N4O3. The Morgan fingerprint density at radius 1 is 1.20 bits per heavy atom. The number of hydrazine groups is 1. The van der Waals surface area contributed by atoms with Crippen LogP contribution in [-0.4, -0.2) is 24.1 Å². The lowest BCUT2D eigenvalue weighted by Gasteiger charge is -2.19. The molecule has 0 aliphatic carbocycles. The zero-order valence-corrected chi connectivity index (χ0v) is 11.8. The molecule has 0 aliphatic rings. The van der Waals surface area contributed by atoms with E-state index >= 15 is 0 Å². The number of rotatable bonds is 4. The molecule has 0 radical (unpaired) electrons. The number of hydrogen-bond donors (Lipinski definition) is 4. The molecule has 0 unspecified atom stereocenters. The molecule has 0 bridgehead atoms. The van der Waals surface area contributed by atoms with Crippen LogP contribution in [0, 0.1) is 0 Å². The van der Waals surface area contributed by atoms with Crippen LogP contribution >= 0.6 is 0 Å². The first-order valence-corrected chi connectivity index (χ1v) is 6.13. The Morgan fingerprint density at radius 3 is 2.35 bits per heavy atom. The highest BCUT2D eigenvalue weighted by Gasteiger charge is 2.16. The number of hydrogen-bond acceptors (Lipinski definition) is 5. The number of nitrogens with two attached hydrogens (primary N) is 1. The number of anilines is 2. The smallest absolute Gasteiger partial charge is 0.408 e. The highest BCUT2D eigenvalue weighted by molar-refractivity contribution is 5.83. The summed E-state index contributed by atoms with van der Waals surface area (Å²) in [5, 5.41) is 2.35. The van der Waals surface area contributed by atoms with Crippen molar-refractivity contribution in [3.63, 3.8) is 0 Å². The first-order chi connectivity index (χ1) is 9.26. The monoisotopic (exact) mass is 280 g/mol. The number of ether oxygens (including phenoxy) is 1. The van der Waals surface area contributed by atoms with Gasteiger partial charge in [0.2, 0.25) is 0 Å². The zero-order valence-electron chi connectivity index (χ0n) is 11.8. The molecule has 1 aromatic rings. The maximum atomic E-state index is 11.5. The average Bonchev–Trinajstić information content (AvgIpc) is 2.33. The second-order valence-corrected chi connectivity index (χ2v) is 5.15. The third kappa shape index (κ3) is 6.48. The van der Waals surface area contributed by atoms with Gasteiger partial charge in [-0.25, -0.2) is 4.79 Å². The number of benzene rings is 1. The molecule has 7 heteroatoms. The van der Waals surface area contributed by atoms with Crippen molar-refractivity contribution in [1.29, 1.82) is 0 Å². The van der Waals surface area contributed by atoms with Crippen molar-refractivity contribution < 1.29 is 14.3 Å². The molecule has 1 rings (SSSR count). The Morgan fingerprint density at radius 2 is 1.80 bits per heavy atom. The van der Waals surface area contributed by atoms with Gasteiger partial charge in [-0.2, -0.15) is 0 Å². The van der Waals surface area contributed by atoms with E-state index in [4.69, 9.17) is 10.5 Å². The summed E-state index contributed by atoms with van der Waals surface area (Å²) in [5.74, 6) is -0.396. The van der Waals surface area contributed by atoms with Crippen molar-refractivity contribution in [2.75, 3.05) is 17.7 Å². The number of amides is 2. The molecule has 0 spiro atoms. The molecule has 0 fully saturated rings. The topological polar surface area (TPSA) is 105 Å².